The van der Waals surface area contributed by atoms with Crippen molar-refractivity contribution in [3.63, 3.8) is 0 Å². The van der Waals surface area contributed by atoms with Gasteiger partial charge in [-0.15, -0.1) is 10.2 Å². The van der Waals surface area contributed by atoms with E-state index in [-0.39, 0.29) is 0 Å². The second kappa shape index (κ2) is 4.52. The molecule has 0 spiro atoms. The number of hydrogen-bond donors (Lipinski definition) is 0. The molecular formula is C10H9BrN2O3. The Morgan fingerprint density at radius 2 is 1.81 bits per heavy atom. The van der Waals surface area contributed by atoms with E-state index in [1.165, 1.54) is 6.39 Å². The lowest BCUT2D eigenvalue weighted by atomic mass is 10.2. The zero-order valence-corrected chi connectivity index (χ0v) is 10.3. The molecule has 1 aromatic heterocycles. The van der Waals surface area contributed by atoms with Crippen LogP contribution in [0, 0.1) is 0 Å². The first-order valence-corrected chi connectivity index (χ1v) is 5.23. The van der Waals surface area contributed by atoms with Gasteiger partial charge in [0.15, 0.2) is 0 Å². The SMILES string of the molecule is COc1cc(-c2nnco2)cc(OC)c1Br. The predicted octanol–water partition coefficient (Wildman–Crippen LogP) is 2.52. The Morgan fingerprint density at radius 1 is 1.19 bits per heavy atom. The van der Waals surface area contributed by atoms with Gasteiger partial charge >= 0.3 is 0 Å². The third-order valence-electron chi connectivity index (χ3n) is 2.05. The van der Waals surface area contributed by atoms with Crippen molar-refractivity contribution >= 4 is 15.9 Å². The minimum Gasteiger partial charge on any atom is -0.495 e. The predicted molar refractivity (Wildman–Crippen MR) is 60.5 cm³/mol. The molecule has 0 saturated heterocycles. The number of nitrogens with zero attached hydrogens (tertiary/aromatic N) is 2. The van der Waals surface area contributed by atoms with E-state index < -0.39 is 0 Å². The topological polar surface area (TPSA) is 57.4 Å². The summed E-state index contributed by atoms with van der Waals surface area (Å²) in [7, 11) is 3.16. The Kier molecular flexibility index (Phi) is 3.09. The Morgan fingerprint density at radius 3 is 2.25 bits per heavy atom. The molecule has 1 heterocycles. The second-order valence-electron chi connectivity index (χ2n) is 2.94. The highest BCUT2D eigenvalue weighted by Gasteiger charge is 2.13. The number of benzene rings is 1. The van der Waals surface area contributed by atoms with Gasteiger partial charge in [0.1, 0.15) is 16.0 Å². The lowest BCUT2D eigenvalue weighted by Crippen LogP contribution is -1.91. The van der Waals surface area contributed by atoms with Gasteiger partial charge in [0, 0.05) is 5.56 Å². The summed E-state index contributed by atoms with van der Waals surface area (Å²) < 4.78 is 16.3. The van der Waals surface area contributed by atoms with Crippen LogP contribution in [0.15, 0.2) is 27.4 Å². The van der Waals surface area contributed by atoms with E-state index in [2.05, 4.69) is 26.1 Å². The normalized spacial score (nSPS) is 10.2. The van der Waals surface area contributed by atoms with Gasteiger partial charge in [0.25, 0.3) is 0 Å². The molecule has 0 radical (unpaired) electrons. The van der Waals surface area contributed by atoms with Crippen LogP contribution in [-0.4, -0.2) is 24.4 Å². The van der Waals surface area contributed by atoms with E-state index in [0.29, 0.717) is 17.4 Å². The van der Waals surface area contributed by atoms with Gasteiger partial charge in [-0.2, -0.15) is 0 Å². The molecule has 0 saturated carbocycles. The zero-order chi connectivity index (χ0) is 11.5. The van der Waals surface area contributed by atoms with Gasteiger partial charge in [0.05, 0.1) is 14.2 Å². The summed E-state index contributed by atoms with van der Waals surface area (Å²) >= 11 is 3.38. The van der Waals surface area contributed by atoms with Crippen LogP contribution in [0.3, 0.4) is 0 Å². The van der Waals surface area contributed by atoms with Crippen LogP contribution in [0.25, 0.3) is 11.5 Å². The molecule has 16 heavy (non-hydrogen) atoms. The monoisotopic (exact) mass is 284 g/mol. The van der Waals surface area contributed by atoms with E-state index in [1.54, 1.807) is 26.4 Å². The van der Waals surface area contributed by atoms with Gasteiger partial charge in [-0.25, -0.2) is 0 Å². The van der Waals surface area contributed by atoms with Crippen molar-refractivity contribution in [1.29, 1.82) is 0 Å². The van der Waals surface area contributed by atoms with Crippen molar-refractivity contribution in [2.45, 2.75) is 0 Å². The maximum atomic E-state index is 5.21. The average Bonchev–Trinajstić information content (AvgIpc) is 2.83. The largest absolute Gasteiger partial charge is 0.495 e. The van der Waals surface area contributed by atoms with Crippen LogP contribution >= 0.6 is 15.9 Å². The highest BCUT2D eigenvalue weighted by molar-refractivity contribution is 9.10. The van der Waals surface area contributed by atoms with Crippen molar-refractivity contribution in [3.8, 4) is 23.0 Å². The Bertz CT molecular complexity index is 460. The van der Waals surface area contributed by atoms with Crippen molar-refractivity contribution in [2.24, 2.45) is 0 Å². The summed E-state index contributed by atoms with van der Waals surface area (Å²) in [6, 6.07) is 3.58. The Hall–Kier alpha value is -1.56. The molecule has 0 atom stereocenters. The van der Waals surface area contributed by atoms with E-state index in [9.17, 15) is 0 Å². The molecule has 0 amide bonds. The first kappa shape index (κ1) is 10.9. The highest BCUT2D eigenvalue weighted by Crippen LogP contribution is 2.38. The summed E-state index contributed by atoms with van der Waals surface area (Å²) in [5.74, 6) is 1.71. The van der Waals surface area contributed by atoms with Gasteiger partial charge < -0.3 is 13.9 Å². The van der Waals surface area contributed by atoms with Crippen LogP contribution in [0.5, 0.6) is 11.5 Å². The smallest absolute Gasteiger partial charge is 0.247 e. The van der Waals surface area contributed by atoms with Gasteiger partial charge in [-0.1, -0.05) is 0 Å². The van der Waals surface area contributed by atoms with Crippen molar-refractivity contribution in [2.75, 3.05) is 14.2 Å². The maximum Gasteiger partial charge on any atom is 0.247 e. The molecule has 0 aliphatic carbocycles. The Labute approximate surface area is 101 Å². The molecule has 6 heteroatoms. The molecule has 0 N–H and O–H groups in total. The second-order valence-corrected chi connectivity index (χ2v) is 3.73. The van der Waals surface area contributed by atoms with Crippen molar-refractivity contribution in [1.82, 2.24) is 10.2 Å². The van der Waals surface area contributed by atoms with Crippen LogP contribution in [0.1, 0.15) is 0 Å². The molecule has 0 unspecified atom stereocenters. The van der Waals surface area contributed by atoms with E-state index in [1.807, 2.05) is 0 Å². The zero-order valence-electron chi connectivity index (χ0n) is 8.73. The number of ether oxygens (including phenoxy) is 2. The first-order chi connectivity index (χ1) is 7.76. The van der Waals surface area contributed by atoms with E-state index >= 15 is 0 Å². The number of rotatable bonds is 3. The third-order valence-corrected chi connectivity index (χ3v) is 2.83. The molecule has 0 aliphatic rings. The average molecular weight is 285 g/mol. The summed E-state index contributed by atoms with van der Waals surface area (Å²) in [4.78, 5) is 0. The summed E-state index contributed by atoms with van der Waals surface area (Å²) in [5.41, 5.74) is 0.745. The molecule has 84 valence electrons. The Balaban J connectivity index is 2.56. The lowest BCUT2D eigenvalue weighted by molar-refractivity contribution is 0.389. The molecule has 5 nitrogen and oxygen atoms in total. The standard InChI is InChI=1S/C10H9BrN2O3/c1-14-7-3-6(10-13-12-5-16-10)4-8(15-2)9(7)11/h3-5H,1-2H3. The summed E-state index contributed by atoms with van der Waals surface area (Å²) in [6.45, 7) is 0. The fourth-order valence-electron chi connectivity index (χ4n) is 1.29. The molecule has 0 bridgehead atoms. The summed E-state index contributed by atoms with van der Waals surface area (Å²) in [5, 5.41) is 7.45. The molecular weight excluding hydrogens is 276 g/mol. The fraction of sp³-hybridized carbons (Fsp3) is 0.200. The van der Waals surface area contributed by atoms with Crippen LogP contribution in [0.4, 0.5) is 0 Å². The molecule has 2 aromatic rings. The van der Waals surface area contributed by atoms with Gasteiger partial charge in [-0.3, -0.25) is 0 Å². The fourth-order valence-corrected chi connectivity index (χ4v) is 1.84. The van der Waals surface area contributed by atoms with Gasteiger partial charge in [0.2, 0.25) is 12.3 Å². The van der Waals surface area contributed by atoms with Gasteiger partial charge in [-0.05, 0) is 28.1 Å². The quantitative estimate of drug-likeness (QED) is 0.867. The number of aromatic nitrogens is 2. The third kappa shape index (κ3) is 1.88. The van der Waals surface area contributed by atoms with Crippen LogP contribution < -0.4 is 9.47 Å². The number of hydrogen-bond acceptors (Lipinski definition) is 5. The molecule has 1 aromatic carbocycles. The van der Waals surface area contributed by atoms with Crippen molar-refractivity contribution < 1.29 is 13.9 Å². The molecule has 0 fully saturated rings. The molecule has 0 aliphatic heterocycles. The number of halogens is 1. The van der Waals surface area contributed by atoms with E-state index in [0.717, 1.165) is 10.0 Å². The number of methoxy groups -OCH3 is 2. The lowest BCUT2D eigenvalue weighted by Gasteiger charge is -2.09. The highest BCUT2D eigenvalue weighted by atomic mass is 79.9. The summed E-state index contributed by atoms with van der Waals surface area (Å²) in [6.07, 6.45) is 1.27. The van der Waals surface area contributed by atoms with E-state index in [4.69, 9.17) is 13.9 Å². The van der Waals surface area contributed by atoms with Crippen LogP contribution in [-0.2, 0) is 0 Å². The first-order valence-electron chi connectivity index (χ1n) is 4.44. The minimum atomic E-state index is 0.420. The molecule has 2 rings (SSSR count). The van der Waals surface area contributed by atoms with Crippen LogP contribution in [0.2, 0.25) is 0 Å². The minimum absolute atomic E-state index is 0.420. The maximum absolute atomic E-state index is 5.21. The van der Waals surface area contributed by atoms with Crippen molar-refractivity contribution in [3.05, 3.63) is 23.0 Å².